The molecule has 1 unspecified atom stereocenters. The lowest BCUT2D eigenvalue weighted by Crippen LogP contribution is -2.02. The monoisotopic (exact) mass is 294 g/mol. The molecule has 2 aromatic rings. The summed E-state index contributed by atoms with van der Waals surface area (Å²) in [6.45, 7) is 1.43. The first-order valence-corrected chi connectivity index (χ1v) is 6.44. The predicted octanol–water partition coefficient (Wildman–Crippen LogP) is 3.61. The summed E-state index contributed by atoms with van der Waals surface area (Å²) in [7, 11) is 1.37. The molecule has 112 valence electrons. The van der Waals surface area contributed by atoms with Gasteiger partial charge in [-0.15, -0.1) is 0 Å². The van der Waals surface area contributed by atoms with Gasteiger partial charge >= 0.3 is 0 Å². The Hall–Kier alpha value is -2.14. The van der Waals surface area contributed by atoms with Gasteiger partial charge < -0.3 is 14.6 Å². The van der Waals surface area contributed by atoms with Crippen LogP contribution in [0.4, 0.5) is 8.78 Å². The van der Waals surface area contributed by atoms with E-state index >= 15 is 0 Å². The highest BCUT2D eigenvalue weighted by Gasteiger charge is 2.11. The molecule has 21 heavy (non-hydrogen) atoms. The summed E-state index contributed by atoms with van der Waals surface area (Å²) >= 11 is 0. The van der Waals surface area contributed by atoms with E-state index in [0.29, 0.717) is 5.56 Å². The molecule has 0 amide bonds. The number of hydrogen-bond acceptors (Lipinski definition) is 3. The van der Waals surface area contributed by atoms with Crippen LogP contribution >= 0.6 is 0 Å². The summed E-state index contributed by atoms with van der Waals surface area (Å²) in [6, 6.07) is 8.84. The molecule has 0 fully saturated rings. The maximum atomic E-state index is 13.9. The second kappa shape index (κ2) is 6.54. The van der Waals surface area contributed by atoms with Crippen LogP contribution in [0.1, 0.15) is 24.2 Å². The largest absolute Gasteiger partial charge is 0.494 e. The van der Waals surface area contributed by atoms with Gasteiger partial charge in [0.05, 0.1) is 13.2 Å². The van der Waals surface area contributed by atoms with Gasteiger partial charge in [0.15, 0.2) is 23.1 Å². The maximum absolute atomic E-state index is 13.9. The first-order valence-electron chi connectivity index (χ1n) is 6.44. The molecule has 0 aliphatic heterocycles. The highest BCUT2D eigenvalue weighted by atomic mass is 19.1. The number of rotatable bonds is 5. The van der Waals surface area contributed by atoms with E-state index in [1.807, 2.05) is 0 Å². The summed E-state index contributed by atoms with van der Waals surface area (Å²) < 4.78 is 37.9. The molecule has 0 aliphatic rings. The fraction of sp³-hybridized carbons (Fsp3) is 0.250. The van der Waals surface area contributed by atoms with Crippen molar-refractivity contribution in [1.29, 1.82) is 0 Å². The van der Waals surface area contributed by atoms with E-state index in [-0.39, 0.29) is 23.7 Å². The van der Waals surface area contributed by atoms with E-state index in [9.17, 15) is 13.9 Å². The molecule has 0 saturated heterocycles. The number of aliphatic hydroxyl groups excluding tert-OH is 1. The minimum Gasteiger partial charge on any atom is -0.494 e. The van der Waals surface area contributed by atoms with E-state index in [4.69, 9.17) is 9.47 Å². The van der Waals surface area contributed by atoms with Crippen molar-refractivity contribution in [3.63, 3.8) is 0 Å². The Bertz CT molecular complexity index is 627. The summed E-state index contributed by atoms with van der Waals surface area (Å²) in [4.78, 5) is 0. The van der Waals surface area contributed by atoms with Crippen molar-refractivity contribution in [2.75, 3.05) is 7.11 Å². The van der Waals surface area contributed by atoms with Crippen LogP contribution in [-0.4, -0.2) is 12.2 Å². The van der Waals surface area contributed by atoms with Gasteiger partial charge in [0, 0.05) is 5.56 Å². The summed E-state index contributed by atoms with van der Waals surface area (Å²) in [5.74, 6) is -1.01. The normalized spacial score (nSPS) is 12.0. The maximum Gasteiger partial charge on any atom is 0.171 e. The van der Waals surface area contributed by atoms with Gasteiger partial charge in [-0.2, -0.15) is 0 Å². The molecule has 0 saturated carbocycles. The summed E-state index contributed by atoms with van der Waals surface area (Å²) in [5.41, 5.74) is 0.723. The van der Waals surface area contributed by atoms with Crippen molar-refractivity contribution >= 4 is 0 Å². The highest BCUT2D eigenvalue weighted by molar-refractivity contribution is 5.33. The molecular weight excluding hydrogens is 278 g/mol. The number of aliphatic hydroxyl groups is 1. The molecule has 0 bridgehead atoms. The molecule has 2 aromatic carbocycles. The van der Waals surface area contributed by atoms with Crippen LogP contribution in [-0.2, 0) is 6.61 Å². The molecular formula is C16H16F2O3. The minimum absolute atomic E-state index is 0.00150. The van der Waals surface area contributed by atoms with E-state index in [0.717, 1.165) is 0 Å². The van der Waals surface area contributed by atoms with Gasteiger partial charge in [-0.05, 0) is 30.7 Å². The van der Waals surface area contributed by atoms with Crippen molar-refractivity contribution < 1.29 is 23.4 Å². The van der Waals surface area contributed by atoms with E-state index in [1.165, 1.54) is 25.3 Å². The standard InChI is InChI=1S/C16H16F2O3/c1-10(19)11-6-7-14(13(17)8-11)21-9-12-4-3-5-15(20-2)16(12)18/h3-8,10,19H,9H2,1-2H3. The smallest absolute Gasteiger partial charge is 0.171 e. The van der Waals surface area contributed by atoms with E-state index < -0.39 is 17.7 Å². The van der Waals surface area contributed by atoms with Gasteiger partial charge in [0.25, 0.3) is 0 Å². The third-order valence-corrected chi connectivity index (χ3v) is 3.08. The number of methoxy groups -OCH3 is 1. The quantitative estimate of drug-likeness (QED) is 0.915. The molecule has 0 heterocycles. The Morgan fingerprint density at radius 3 is 2.52 bits per heavy atom. The van der Waals surface area contributed by atoms with Crippen molar-refractivity contribution in [3.8, 4) is 11.5 Å². The van der Waals surface area contributed by atoms with E-state index in [1.54, 1.807) is 25.1 Å². The molecule has 2 rings (SSSR count). The zero-order valence-corrected chi connectivity index (χ0v) is 11.8. The van der Waals surface area contributed by atoms with Crippen molar-refractivity contribution in [1.82, 2.24) is 0 Å². The lowest BCUT2D eigenvalue weighted by atomic mass is 10.1. The Morgan fingerprint density at radius 2 is 1.90 bits per heavy atom. The van der Waals surface area contributed by atoms with Gasteiger partial charge in [-0.1, -0.05) is 18.2 Å². The second-order valence-electron chi connectivity index (χ2n) is 4.59. The van der Waals surface area contributed by atoms with Gasteiger partial charge in [-0.3, -0.25) is 0 Å². The number of hydrogen-bond donors (Lipinski definition) is 1. The SMILES string of the molecule is COc1cccc(COc2ccc(C(C)O)cc2F)c1F. The first-order chi connectivity index (χ1) is 10.0. The Balaban J connectivity index is 2.13. The average molecular weight is 294 g/mol. The Labute approximate surface area is 121 Å². The summed E-state index contributed by atoms with van der Waals surface area (Å²) in [5, 5.41) is 9.37. The van der Waals surface area contributed by atoms with Crippen LogP contribution in [0.15, 0.2) is 36.4 Å². The first kappa shape index (κ1) is 15.3. The van der Waals surface area contributed by atoms with Gasteiger partial charge in [0.2, 0.25) is 0 Å². The van der Waals surface area contributed by atoms with Gasteiger partial charge in [-0.25, -0.2) is 8.78 Å². The number of halogens is 2. The van der Waals surface area contributed by atoms with Crippen LogP contribution in [0.25, 0.3) is 0 Å². The molecule has 1 N–H and O–H groups in total. The Kier molecular flexibility index (Phi) is 4.75. The zero-order valence-electron chi connectivity index (χ0n) is 11.8. The van der Waals surface area contributed by atoms with Crippen LogP contribution in [0, 0.1) is 11.6 Å². The molecule has 3 nitrogen and oxygen atoms in total. The lowest BCUT2D eigenvalue weighted by molar-refractivity contribution is 0.198. The molecule has 0 aliphatic carbocycles. The van der Waals surface area contributed by atoms with Crippen LogP contribution in [0.5, 0.6) is 11.5 Å². The third kappa shape index (κ3) is 3.49. The van der Waals surface area contributed by atoms with Crippen LogP contribution in [0.3, 0.4) is 0 Å². The predicted molar refractivity (Wildman–Crippen MR) is 74.3 cm³/mol. The lowest BCUT2D eigenvalue weighted by Gasteiger charge is -2.11. The van der Waals surface area contributed by atoms with Crippen molar-refractivity contribution in [3.05, 3.63) is 59.2 Å². The van der Waals surface area contributed by atoms with Crippen molar-refractivity contribution in [2.24, 2.45) is 0 Å². The fourth-order valence-electron chi connectivity index (χ4n) is 1.87. The second-order valence-corrected chi connectivity index (χ2v) is 4.59. The molecule has 0 aromatic heterocycles. The van der Waals surface area contributed by atoms with Gasteiger partial charge in [0.1, 0.15) is 6.61 Å². The average Bonchev–Trinajstić information content (AvgIpc) is 2.47. The number of ether oxygens (including phenoxy) is 2. The fourth-order valence-corrected chi connectivity index (χ4v) is 1.87. The molecule has 0 spiro atoms. The van der Waals surface area contributed by atoms with E-state index in [2.05, 4.69) is 0 Å². The zero-order chi connectivity index (χ0) is 15.4. The minimum atomic E-state index is -0.760. The third-order valence-electron chi connectivity index (χ3n) is 3.08. The summed E-state index contributed by atoms with van der Waals surface area (Å²) in [6.07, 6.45) is -0.760. The van der Waals surface area contributed by atoms with Crippen LogP contribution < -0.4 is 9.47 Å². The van der Waals surface area contributed by atoms with Crippen LogP contribution in [0.2, 0.25) is 0 Å². The Morgan fingerprint density at radius 1 is 1.14 bits per heavy atom. The highest BCUT2D eigenvalue weighted by Crippen LogP contribution is 2.25. The molecule has 1 atom stereocenters. The molecule has 0 radical (unpaired) electrons. The molecule has 5 heteroatoms. The topological polar surface area (TPSA) is 38.7 Å². The number of benzene rings is 2. The van der Waals surface area contributed by atoms with Crippen molar-refractivity contribution in [2.45, 2.75) is 19.6 Å².